The highest BCUT2D eigenvalue weighted by atomic mass is 16.6. The molecule has 0 aliphatic carbocycles. The van der Waals surface area contributed by atoms with Crippen molar-refractivity contribution in [2.45, 2.75) is 6.04 Å². The highest BCUT2D eigenvalue weighted by molar-refractivity contribution is 5.45. The van der Waals surface area contributed by atoms with Crippen molar-refractivity contribution < 1.29 is 9.47 Å². The molecule has 0 bridgehead atoms. The normalized spacial score (nSPS) is 15.4. The van der Waals surface area contributed by atoms with Gasteiger partial charge in [0.25, 0.3) is 0 Å². The first kappa shape index (κ1) is 11.1. The van der Waals surface area contributed by atoms with Gasteiger partial charge in [-0.05, 0) is 23.8 Å². The van der Waals surface area contributed by atoms with Gasteiger partial charge in [0.05, 0.1) is 11.7 Å². The molecule has 5 heteroatoms. The molecule has 1 aromatic carbocycles. The molecule has 1 aliphatic heterocycles. The molecule has 0 spiro atoms. The monoisotopic (exact) mass is 245 g/mol. The fraction of sp³-hybridized carbons (Fsp3) is 0.308. The molecule has 94 valence electrons. The summed E-state index contributed by atoms with van der Waals surface area (Å²) in [5.41, 5.74) is 8.00. The summed E-state index contributed by atoms with van der Waals surface area (Å²) in [7, 11) is 1.88. The van der Waals surface area contributed by atoms with Crippen molar-refractivity contribution >= 4 is 0 Å². The second-order valence-electron chi connectivity index (χ2n) is 4.30. The van der Waals surface area contributed by atoms with Crippen molar-refractivity contribution in [3.8, 4) is 11.5 Å². The third-order valence-corrected chi connectivity index (χ3v) is 2.98. The van der Waals surface area contributed by atoms with Crippen LogP contribution in [-0.4, -0.2) is 23.0 Å². The highest BCUT2D eigenvalue weighted by Gasteiger charge is 2.17. The molecule has 1 aromatic heterocycles. The molecule has 0 fully saturated rings. The minimum absolute atomic E-state index is 0.248. The summed E-state index contributed by atoms with van der Waals surface area (Å²) < 4.78 is 12.8. The standard InChI is InChI=1S/C13H15N3O2/c1-16-5-4-10(15-16)13(14)9-2-3-11-12(8-9)18-7-6-17-11/h2-5,8,13H,6-7,14H2,1H3. The molecule has 0 saturated carbocycles. The number of hydrogen-bond acceptors (Lipinski definition) is 4. The lowest BCUT2D eigenvalue weighted by atomic mass is 10.0. The summed E-state index contributed by atoms with van der Waals surface area (Å²) >= 11 is 0. The zero-order valence-corrected chi connectivity index (χ0v) is 10.2. The molecule has 0 saturated heterocycles. The van der Waals surface area contributed by atoms with E-state index in [4.69, 9.17) is 15.2 Å². The van der Waals surface area contributed by atoms with Crippen molar-refractivity contribution in [2.24, 2.45) is 12.8 Å². The third-order valence-electron chi connectivity index (χ3n) is 2.98. The highest BCUT2D eigenvalue weighted by Crippen LogP contribution is 2.33. The van der Waals surface area contributed by atoms with E-state index in [0.717, 1.165) is 22.8 Å². The molecule has 0 radical (unpaired) electrons. The van der Waals surface area contributed by atoms with Gasteiger partial charge in [-0.2, -0.15) is 5.10 Å². The molecule has 1 aliphatic rings. The zero-order chi connectivity index (χ0) is 12.5. The number of ether oxygens (including phenoxy) is 2. The van der Waals surface area contributed by atoms with Gasteiger partial charge in [0, 0.05) is 13.2 Å². The van der Waals surface area contributed by atoms with E-state index in [2.05, 4.69) is 5.10 Å². The maximum atomic E-state index is 6.19. The van der Waals surface area contributed by atoms with Gasteiger partial charge in [-0.1, -0.05) is 6.07 Å². The Morgan fingerprint density at radius 2 is 2.00 bits per heavy atom. The van der Waals surface area contributed by atoms with Crippen molar-refractivity contribution in [3.63, 3.8) is 0 Å². The van der Waals surface area contributed by atoms with Crippen LogP contribution < -0.4 is 15.2 Å². The van der Waals surface area contributed by atoms with Crippen LogP contribution >= 0.6 is 0 Å². The number of nitrogens with two attached hydrogens (primary N) is 1. The molecule has 2 heterocycles. The SMILES string of the molecule is Cn1ccc(C(N)c2ccc3c(c2)OCCO3)n1. The van der Waals surface area contributed by atoms with Crippen LogP contribution in [0.5, 0.6) is 11.5 Å². The number of hydrogen-bond donors (Lipinski definition) is 1. The van der Waals surface area contributed by atoms with Crippen LogP contribution in [0, 0.1) is 0 Å². The lowest BCUT2D eigenvalue weighted by Crippen LogP contribution is -2.17. The maximum absolute atomic E-state index is 6.19. The minimum atomic E-state index is -0.248. The van der Waals surface area contributed by atoms with Crippen molar-refractivity contribution in [2.75, 3.05) is 13.2 Å². The van der Waals surface area contributed by atoms with E-state index in [-0.39, 0.29) is 6.04 Å². The first-order chi connectivity index (χ1) is 8.74. The molecule has 5 nitrogen and oxygen atoms in total. The second kappa shape index (κ2) is 4.34. The lowest BCUT2D eigenvalue weighted by molar-refractivity contribution is 0.171. The molecule has 2 N–H and O–H groups in total. The first-order valence-electron chi connectivity index (χ1n) is 5.89. The van der Waals surface area contributed by atoms with Gasteiger partial charge >= 0.3 is 0 Å². The van der Waals surface area contributed by atoms with E-state index >= 15 is 0 Å². The van der Waals surface area contributed by atoms with Gasteiger partial charge in [0.15, 0.2) is 11.5 Å². The van der Waals surface area contributed by atoms with Crippen LogP contribution in [0.15, 0.2) is 30.5 Å². The summed E-state index contributed by atoms with van der Waals surface area (Å²) in [6, 6.07) is 7.44. The van der Waals surface area contributed by atoms with E-state index in [9.17, 15) is 0 Å². The Bertz CT molecular complexity index is 565. The van der Waals surface area contributed by atoms with E-state index in [0.29, 0.717) is 13.2 Å². The average Bonchev–Trinajstić information content (AvgIpc) is 2.84. The Balaban J connectivity index is 1.92. The lowest BCUT2D eigenvalue weighted by Gasteiger charge is -2.20. The largest absolute Gasteiger partial charge is 0.486 e. The van der Waals surface area contributed by atoms with E-state index in [1.165, 1.54) is 0 Å². The van der Waals surface area contributed by atoms with Gasteiger partial charge < -0.3 is 15.2 Å². The van der Waals surface area contributed by atoms with E-state index < -0.39 is 0 Å². The topological polar surface area (TPSA) is 62.3 Å². The second-order valence-corrected chi connectivity index (χ2v) is 4.30. The fourth-order valence-corrected chi connectivity index (χ4v) is 2.02. The van der Waals surface area contributed by atoms with Gasteiger partial charge in [-0.15, -0.1) is 0 Å². The summed E-state index contributed by atoms with van der Waals surface area (Å²) in [6.07, 6.45) is 1.88. The smallest absolute Gasteiger partial charge is 0.161 e. The van der Waals surface area contributed by atoms with Crippen LogP contribution in [0.4, 0.5) is 0 Å². The number of benzene rings is 1. The predicted molar refractivity (Wildman–Crippen MR) is 66.7 cm³/mol. The Hall–Kier alpha value is -2.01. The van der Waals surface area contributed by atoms with Gasteiger partial charge in [0.2, 0.25) is 0 Å². The van der Waals surface area contributed by atoms with E-state index in [1.54, 1.807) is 4.68 Å². The molecule has 18 heavy (non-hydrogen) atoms. The van der Waals surface area contributed by atoms with Crippen LogP contribution in [0.1, 0.15) is 17.3 Å². The summed E-state index contributed by atoms with van der Waals surface area (Å²) in [5, 5.41) is 4.32. The Morgan fingerprint density at radius 1 is 1.22 bits per heavy atom. The van der Waals surface area contributed by atoms with Crippen molar-refractivity contribution in [1.82, 2.24) is 9.78 Å². The zero-order valence-electron chi connectivity index (χ0n) is 10.2. The van der Waals surface area contributed by atoms with Gasteiger partial charge in [-0.3, -0.25) is 4.68 Å². The maximum Gasteiger partial charge on any atom is 0.161 e. The number of rotatable bonds is 2. The van der Waals surface area contributed by atoms with Crippen LogP contribution in [0.3, 0.4) is 0 Å². The molecule has 3 rings (SSSR count). The van der Waals surface area contributed by atoms with Crippen LogP contribution in [0.2, 0.25) is 0 Å². The average molecular weight is 245 g/mol. The third kappa shape index (κ3) is 1.93. The molecule has 0 amide bonds. The number of aromatic nitrogens is 2. The first-order valence-corrected chi connectivity index (χ1v) is 5.89. The number of nitrogens with zero attached hydrogens (tertiary/aromatic N) is 2. The van der Waals surface area contributed by atoms with Crippen LogP contribution in [0.25, 0.3) is 0 Å². The van der Waals surface area contributed by atoms with Crippen molar-refractivity contribution in [3.05, 3.63) is 41.7 Å². The quantitative estimate of drug-likeness (QED) is 0.864. The minimum Gasteiger partial charge on any atom is -0.486 e. The van der Waals surface area contributed by atoms with Crippen molar-refractivity contribution in [1.29, 1.82) is 0 Å². The van der Waals surface area contributed by atoms with Gasteiger partial charge in [-0.25, -0.2) is 0 Å². The summed E-state index contributed by atoms with van der Waals surface area (Å²) in [6.45, 7) is 1.17. The number of fused-ring (bicyclic) bond motifs is 1. The fourth-order valence-electron chi connectivity index (χ4n) is 2.02. The number of aryl methyl sites for hydroxylation is 1. The summed E-state index contributed by atoms with van der Waals surface area (Å²) in [5.74, 6) is 1.53. The van der Waals surface area contributed by atoms with Gasteiger partial charge in [0.1, 0.15) is 13.2 Å². The Kier molecular flexibility index (Phi) is 2.68. The molecular weight excluding hydrogens is 230 g/mol. The molecule has 2 aromatic rings. The Morgan fingerprint density at radius 3 is 2.72 bits per heavy atom. The molecule has 1 atom stereocenters. The van der Waals surface area contributed by atoms with E-state index in [1.807, 2.05) is 37.5 Å². The molecular formula is C13H15N3O2. The summed E-state index contributed by atoms with van der Waals surface area (Å²) in [4.78, 5) is 0. The van der Waals surface area contributed by atoms with Crippen LogP contribution in [-0.2, 0) is 7.05 Å². The Labute approximate surface area is 105 Å². The molecule has 1 unspecified atom stereocenters. The predicted octanol–water partition coefficient (Wildman–Crippen LogP) is 1.24.